The van der Waals surface area contributed by atoms with Crippen molar-refractivity contribution in [3.63, 3.8) is 0 Å². The van der Waals surface area contributed by atoms with E-state index in [2.05, 4.69) is 20.6 Å². The summed E-state index contributed by atoms with van der Waals surface area (Å²) in [5.74, 6) is 2.12. The highest BCUT2D eigenvalue weighted by atomic mass is 32.2. The maximum atomic E-state index is 11.4. The van der Waals surface area contributed by atoms with Gasteiger partial charge in [-0.2, -0.15) is 0 Å². The van der Waals surface area contributed by atoms with Crippen molar-refractivity contribution in [3.05, 3.63) is 17.3 Å². The number of sulfone groups is 1. The predicted molar refractivity (Wildman–Crippen MR) is 83.1 cm³/mol. The van der Waals surface area contributed by atoms with Gasteiger partial charge in [0.25, 0.3) is 0 Å². The Hall–Kier alpha value is -1.57. The number of guanidine groups is 1. The largest absolute Gasteiger partial charge is 0.444 e. The van der Waals surface area contributed by atoms with E-state index in [1.807, 2.05) is 20.8 Å². The maximum absolute atomic E-state index is 11.4. The third-order valence-electron chi connectivity index (χ3n) is 2.93. The first-order valence-electron chi connectivity index (χ1n) is 7.03. The monoisotopic (exact) mass is 316 g/mol. The highest BCUT2D eigenvalue weighted by molar-refractivity contribution is 7.91. The number of aliphatic imine (C=N–C) groups is 1. The summed E-state index contributed by atoms with van der Waals surface area (Å²) in [6.45, 7) is 8.65. The van der Waals surface area contributed by atoms with E-state index in [0.717, 1.165) is 11.5 Å². The number of aryl methyl sites for hydroxylation is 2. The molecule has 0 bridgehead atoms. The Kier molecular flexibility index (Phi) is 6.67. The molecule has 0 radical (unpaired) electrons. The molecular weight excluding hydrogens is 292 g/mol. The van der Waals surface area contributed by atoms with Crippen molar-refractivity contribution in [1.82, 2.24) is 15.6 Å². The third-order valence-corrected chi connectivity index (χ3v) is 4.64. The fraction of sp³-hybridized carbons (Fsp3) is 0.692. The van der Waals surface area contributed by atoms with Crippen molar-refractivity contribution in [3.8, 4) is 0 Å². The minimum atomic E-state index is -2.98. The van der Waals surface area contributed by atoms with E-state index in [1.165, 1.54) is 0 Å². The van der Waals surface area contributed by atoms with Crippen LogP contribution < -0.4 is 10.6 Å². The molecule has 0 unspecified atom stereocenters. The number of aromatic nitrogens is 1. The molecule has 21 heavy (non-hydrogen) atoms. The summed E-state index contributed by atoms with van der Waals surface area (Å²) >= 11 is 0. The lowest BCUT2D eigenvalue weighted by Crippen LogP contribution is -2.39. The molecule has 0 spiro atoms. The third kappa shape index (κ3) is 6.16. The molecule has 8 heteroatoms. The van der Waals surface area contributed by atoms with Crippen LogP contribution in [0.3, 0.4) is 0 Å². The molecule has 0 saturated carbocycles. The predicted octanol–water partition coefficient (Wildman–Crippen LogP) is 0.781. The molecule has 0 aliphatic heterocycles. The van der Waals surface area contributed by atoms with Gasteiger partial charge >= 0.3 is 0 Å². The molecule has 7 nitrogen and oxygen atoms in total. The zero-order chi connectivity index (χ0) is 15.9. The fourth-order valence-corrected chi connectivity index (χ4v) is 2.27. The lowest BCUT2D eigenvalue weighted by atomic mass is 10.4. The van der Waals surface area contributed by atoms with Gasteiger partial charge in [0.2, 0.25) is 5.89 Å². The first kappa shape index (κ1) is 17.5. The van der Waals surface area contributed by atoms with Gasteiger partial charge in [-0.1, -0.05) is 6.92 Å². The van der Waals surface area contributed by atoms with Gasteiger partial charge in [-0.25, -0.2) is 18.4 Å². The topological polar surface area (TPSA) is 96.6 Å². The normalized spacial score (nSPS) is 12.5. The van der Waals surface area contributed by atoms with Gasteiger partial charge < -0.3 is 15.1 Å². The van der Waals surface area contributed by atoms with Crippen LogP contribution in [0.1, 0.15) is 31.2 Å². The van der Waals surface area contributed by atoms with Crippen LogP contribution in [0.5, 0.6) is 0 Å². The van der Waals surface area contributed by atoms with Gasteiger partial charge in [-0.05, 0) is 20.8 Å². The average Bonchev–Trinajstić information content (AvgIpc) is 2.75. The molecule has 1 heterocycles. The molecule has 2 N–H and O–H groups in total. The second kappa shape index (κ2) is 8.02. The van der Waals surface area contributed by atoms with Crippen LogP contribution in [0, 0.1) is 13.8 Å². The van der Waals surface area contributed by atoms with Crippen LogP contribution in [0.25, 0.3) is 0 Å². The van der Waals surface area contributed by atoms with Crippen LogP contribution in [-0.2, 0) is 16.4 Å². The Morgan fingerprint density at radius 1 is 1.29 bits per heavy atom. The second-order valence-electron chi connectivity index (χ2n) is 4.61. The van der Waals surface area contributed by atoms with E-state index in [-0.39, 0.29) is 11.5 Å². The minimum Gasteiger partial charge on any atom is -0.444 e. The number of nitrogens with one attached hydrogen (secondary N) is 2. The Labute approximate surface area is 126 Å². The molecule has 0 fully saturated rings. The molecule has 0 amide bonds. The molecule has 0 atom stereocenters. The summed E-state index contributed by atoms with van der Waals surface area (Å²) < 4.78 is 28.3. The highest BCUT2D eigenvalue weighted by Crippen LogP contribution is 2.08. The molecule has 1 aromatic rings. The molecular formula is C13H24N4O3S. The number of rotatable bonds is 7. The molecule has 0 saturated heterocycles. The van der Waals surface area contributed by atoms with E-state index in [0.29, 0.717) is 31.5 Å². The van der Waals surface area contributed by atoms with Crippen LogP contribution in [0.2, 0.25) is 0 Å². The second-order valence-corrected chi connectivity index (χ2v) is 7.08. The zero-order valence-electron chi connectivity index (χ0n) is 13.1. The number of hydrogen-bond donors (Lipinski definition) is 2. The van der Waals surface area contributed by atoms with Gasteiger partial charge in [0.05, 0.1) is 11.4 Å². The van der Waals surface area contributed by atoms with Crippen molar-refractivity contribution in [2.45, 2.75) is 34.2 Å². The standard InChI is InChI=1S/C13H24N4O3S/c1-5-14-13(15-7-8-21(18,19)6-2)16-9-12-17-10(3)11(4)20-12/h5-9H2,1-4H3,(H2,14,15,16). The highest BCUT2D eigenvalue weighted by Gasteiger charge is 2.08. The smallest absolute Gasteiger partial charge is 0.216 e. The van der Waals surface area contributed by atoms with Crippen LogP contribution >= 0.6 is 0 Å². The quantitative estimate of drug-likeness (QED) is 0.570. The lowest BCUT2D eigenvalue weighted by Gasteiger charge is -2.10. The van der Waals surface area contributed by atoms with Gasteiger partial charge in [0.15, 0.2) is 15.8 Å². The Bertz CT molecular complexity index is 559. The van der Waals surface area contributed by atoms with Crippen LogP contribution in [-0.4, -0.2) is 44.0 Å². The Morgan fingerprint density at radius 3 is 2.52 bits per heavy atom. The van der Waals surface area contributed by atoms with E-state index in [4.69, 9.17) is 4.42 Å². The summed E-state index contributed by atoms with van der Waals surface area (Å²) in [6.07, 6.45) is 0. The maximum Gasteiger partial charge on any atom is 0.216 e. The summed E-state index contributed by atoms with van der Waals surface area (Å²) in [5, 5.41) is 6.05. The number of hydrogen-bond acceptors (Lipinski definition) is 5. The lowest BCUT2D eigenvalue weighted by molar-refractivity contribution is 0.473. The average molecular weight is 316 g/mol. The Morgan fingerprint density at radius 2 is 2.00 bits per heavy atom. The first-order valence-corrected chi connectivity index (χ1v) is 8.85. The molecule has 0 aliphatic carbocycles. The summed E-state index contributed by atoms with van der Waals surface area (Å²) in [4.78, 5) is 8.58. The first-order chi connectivity index (χ1) is 9.88. The molecule has 1 rings (SSSR count). The van der Waals surface area contributed by atoms with E-state index in [1.54, 1.807) is 6.92 Å². The van der Waals surface area contributed by atoms with Crippen molar-refractivity contribution in [2.75, 3.05) is 24.6 Å². The molecule has 0 aromatic carbocycles. The van der Waals surface area contributed by atoms with Gasteiger partial charge in [0, 0.05) is 18.8 Å². The van der Waals surface area contributed by atoms with Crippen molar-refractivity contribution >= 4 is 15.8 Å². The van der Waals surface area contributed by atoms with Crippen molar-refractivity contribution in [1.29, 1.82) is 0 Å². The molecule has 1 aromatic heterocycles. The minimum absolute atomic E-state index is 0.0884. The summed E-state index contributed by atoms with van der Waals surface area (Å²) in [5.41, 5.74) is 0.854. The molecule has 0 aliphatic rings. The van der Waals surface area contributed by atoms with E-state index < -0.39 is 9.84 Å². The van der Waals surface area contributed by atoms with Crippen molar-refractivity contribution < 1.29 is 12.8 Å². The zero-order valence-corrected chi connectivity index (χ0v) is 13.9. The summed E-state index contributed by atoms with van der Waals surface area (Å²) in [7, 11) is -2.98. The Balaban J connectivity index is 2.57. The SMILES string of the molecule is CCNC(=NCc1nc(C)c(C)o1)NCCS(=O)(=O)CC. The van der Waals surface area contributed by atoms with E-state index >= 15 is 0 Å². The van der Waals surface area contributed by atoms with Crippen LogP contribution in [0.4, 0.5) is 0 Å². The van der Waals surface area contributed by atoms with Gasteiger partial charge in [-0.3, -0.25) is 0 Å². The summed E-state index contributed by atoms with van der Waals surface area (Å²) in [6, 6.07) is 0. The van der Waals surface area contributed by atoms with Crippen LogP contribution in [0.15, 0.2) is 9.41 Å². The number of nitrogens with zero attached hydrogens (tertiary/aromatic N) is 2. The van der Waals surface area contributed by atoms with Gasteiger partial charge in [0.1, 0.15) is 12.3 Å². The fourth-order valence-electron chi connectivity index (χ4n) is 1.56. The van der Waals surface area contributed by atoms with Gasteiger partial charge in [-0.15, -0.1) is 0 Å². The number of oxazole rings is 1. The molecule has 120 valence electrons. The van der Waals surface area contributed by atoms with Crippen molar-refractivity contribution in [2.24, 2.45) is 4.99 Å². The van der Waals surface area contributed by atoms with E-state index in [9.17, 15) is 8.42 Å².